The molecule has 0 spiro atoms. The van der Waals surface area contributed by atoms with E-state index in [1.165, 1.54) is 28.4 Å². The van der Waals surface area contributed by atoms with E-state index in [-0.39, 0.29) is 7.11 Å². The van der Waals surface area contributed by atoms with E-state index in [1.807, 2.05) is 0 Å². The van der Waals surface area contributed by atoms with Gasteiger partial charge in [0.2, 0.25) is 0 Å². The van der Waals surface area contributed by atoms with Crippen molar-refractivity contribution in [3.05, 3.63) is 0 Å². The third kappa shape index (κ3) is 29.1. The van der Waals surface area contributed by atoms with Crippen molar-refractivity contribution in [1.29, 1.82) is 0 Å². The van der Waals surface area contributed by atoms with E-state index in [4.69, 9.17) is 17.7 Å². The monoisotopic (exact) mass is 1150 g/mol. The highest BCUT2D eigenvalue weighted by Crippen LogP contribution is 2.39. The molecule has 0 aromatic carbocycles. The topological polar surface area (TPSA) is 138 Å². The summed E-state index contributed by atoms with van der Waals surface area (Å²) in [4.78, 5) is 0. The Hall–Kier alpha value is -1.48. The zero-order chi connectivity index (χ0) is 55.3. The number of alkyl halides is 25. The minimum absolute atomic E-state index is 0.256. The molecule has 0 aliphatic heterocycles. The second kappa shape index (κ2) is 28.7. The minimum atomic E-state index is -6.13. The zero-order valence-corrected chi connectivity index (χ0v) is 39.3. The van der Waals surface area contributed by atoms with E-state index in [1.54, 1.807) is 0 Å². The van der Waals surface area contributed by atoms with Gasteiger partial charge in [0.15, 0.2) is 0 Å². The quantitative estimate of drug-likeness (QED) is 0.0725. The fourth-order valence-electron chi connectivity index (χ4n) is 2.88. The second-order valence-electron chi connectivity index (χ2n) is 11.0. The summed E-state index contributed by atoms with van der Waals surface area (Å²) in [5, 5.41) is 0. The summed E-state index contributed by atoms with van der Waals surface area (Å²) in [7, 11) is -9.32. The second-order valence-corrected chi connectivity index (χ2v) is 21.1. The van der Waals surface area contributed by atoms with Crippen molar-refractivity contribution >= 4 is 35.9 Å². The van der Waals surface area contributed by atoms with Crippen molar-refractivity contribution in [1.82, 2.24) is 0 Å². The predicted molar refractivity (Wildman–Crippen MR) is 174 cm³/mol. The van der Waals surface area contributed by atoms with Gasteiger partial charge in [-0.05, 0) is 0 Å². The minimum Gasteiger partial charge on any atom is -0.371 e. The number of rotatable bonds is 23. The summed E-state index contributed by atoms with van der Waals surface area (Å²) in [5.41, 5.74) is 0. The van der Waals surface area contributed by atoms with E-state index >= 15 is 0 Å². The van der Waals surface area contributed by atoms with E-state index < -0.39 is 130 Å². The van der Waals surface area contributed by atoms with Crippen LogP contribution < -0.4 is 0 Å². The Morgan fingerprint density at radius 1 is 0.250 bits per heavy atom. The van der Waals surface area contributed by atoms with E-state index in [0.717, 1.165) is 14.2 Å². The Bertz CT molecular complexity index is 1250. The van der Waals surface area contributed by atoms with Gasteiger partial charge in [0, 0.05) is 64.0 Å². The SMILES string of the molecule is CO[Si](OC)(OC)OC.CO[Si](OC)(OCC(F)(F)C(F)(F)F)OCC(F)(F)C(F)(F)F.CO[Si](OC)(OCC(F)(F)F)OCC(F)(F)F.CO[Si](OCC(F)(F)F)(OCC(F)(F)F)C(F)(F)F. The van der Waals surface area contributed by atoms with Gasteiger partial charge < -0.3 is 66.4 Å². The Morgan fingerprint density at radius 3 is 0.574 bits per heavy atom. The molecule has 0 amide bonds. The van der Waals surface area contributed by atoms with Crippen molar-refractivity contribution in [2.75, 3.05) is 104 Å². The van der Waals surface area contributed by atoms with Crippen LogP contribution in [0.3, 0.4) is 0 Å². The van der Waals surface area contributed by atoms with E-state index in [0.29, 0.717) is 14.2 Å². The highest BCUT2D eigenvalue weighted by atomic mass is 28.4. The van der Waals surface area contributed by atoms with Gasteiger partial charge in [0.1, 0.15) is 39.6 Å². The standard InChI is InChI=1S/C8H10F10O4Si.C6H7F9O3Si.C6H10F6O4Si.C4H12O4Si/c1-19-23(20-2,21-3-5(9,10)7(13,14)15)22-4-6(11,12)8(16,17)18;1-16-19(6(13,14)15,17-2-4(7,8)9)18-3-5(10,11)12;1-13-17(14-2,15-3-5(7,8)9)16-4-6(10,11)12;1-5-9(6-2,7-3)8-4/h3-4H2,1-2H3;2-3H2,1H3;3-4H2,1-2H3;1-4H3. The predicted octanol–water partition coefficient (Wildman–Crippen LogP) is 7.85. The average Bonchev–Trinajstić information content (AvgIpc) is 3.18. The Balaban J connectivity index is -0.000000418. The molecule has 0 aromatic rings. The lowest BCUT2D eigenvalue weighted by Gasteiger charge is -2.30. The smallest absolute Gasteiger partial charge is 0.371 e. The third-order valence-corrected chi connectivity index (χ3v) is 14.3. The highest BCUT2D eigenvalue weighted by molar-refractivity contribution is 6.62. The summed E-state index contributed by atoms with van der Waals surface area (Å²) in [6, 6.07) is 0. The number of halogens is 25. The largest absolute Gasteiger partial charge is 0.679 e. The molecule has 0 unspecified atom stereocenters. The summed E-state index contributed by atoms with van der Waals surface area (Å²) in [5.74, 6) is -16.5. The third-order valence-electron chi connectivity index (χ3n) is 5.98. The first kappa shape index (κ1) is 73.1. The maximum absolute atomic E-state index is 12.7. The van der Waals surface area contributed by atoms with Crippen molar-refractivity contribution in [3.8, 4) is 0 Å². The molecule has 0 saturated heterocycles. The van der Waals surface area contributed by atoms with Crippen LogP contribution in [-0.4, -0.2) is 194 Å². The Morgan fingerprint density at radius 2 is 0.441 bits per heavy atom. The van der Waals surface area contributed by atoms with Crippen LogP contribution in [0, 0.1) is 0 Å². The molecule has 0 aliphatic carbocycles. The molecule has 0 heterocycles. The molecular weight excluding hydrogens is 1120 g/mol. The fourth-order valence-corrected chi connectivity index (χ4v) is 8.30. The van der Waals surface area contributed by atoms with Gasteiger partial charge in [-0.3, -0.25) is 0 Å². The molecule has 44 heteroatoms. The van der Waals surface area contributed by atoms with Crippen LogP contribution in [0.1, 0.15) is 0 Å². The maximum atomic E-state index is 12.7. The number of hydrogen-bond donors (Lipinski definition) is 0. The molecule has 0 rings (SSSR count). The normalized spacial score (nSPS) is 14.4. The van der Waals surface area contributed by atoms with E-state index in [9.17, 15) is 110 Å². The molecule has 0 radical (unpaired) electrons. The lowest BCUT2D eigenvalue weighted by molar-refractivity contribution is -0.301. The van der Waals surface area contributed by atoms with Crippen molar-refractivity contribution in [2.45, 2.75) is 54.7 Å². The van der Waals surface area contributed by atoms with Crippen LogP contribution in [0.2, 0.25) is 0 Å². The average molecular weight is 1150 g/mol. The molecule has 0 aromatic heterocycles. The first-order valence-corrected chi connectivity index (χ1v) is 22.7. The van der Waals surface area contributed by atoms with Crippen molar-refractivity contribution in [3.63, 3.8) is 0 Å². The van der Waals surface area contributed by atoms with Gasteiger partial charge in [-0.2, -0.15) is 110 Å². The molecule has 416 valence electrons. The van der Waals surface area contributed by atoms with Gasteiger partial charge in [-0.1, -0.05) is 0 Å². The van der Waals surface area contributed by atoms with Crippen LogP contribution >= 0.6 is 0 Å². The molecule has 0 bridgehead atoms. The van der Waals surface area contributed by atoms with Gasteiger partial charge in [0.05, 0.1) is 0 Å². The van der Waals surface area contributed by atoms with Gasteiger partial charge in [0.25, 0.3) is 0 Å². The number of hydrogen-bond acceptors (Lipinski definition) is 15. The van der Waals surface area contributed by atoms with Gasteiger partial charge in [-0.25, -0.2) is 0 Å². The molecule has 15 nitrogen and oxygen atoms in total. The maximum Gasteiger partial charge on any atom is 0.679 e. The Kier molecular flexibility index (Phi) is 30.8. The summed E-state index contributed by atoms with van der Waals surface area (Å²) < 4.78 is 365. The Labute approximate surface area is 370 Å². The molecule has 0 atom stereocenters. The van der Waals surface area contributed by atoms with Crippen LogP contribution in [-0.2, 0) is 66.4 Å². The lowest BCUT2D eigenvalue weighted by atomic mass is 10.3. The summed E-state index contributed by atoms with van der Waals surface area (Å²) in [6.07, 6.45) is -31.9. The molecule has 0 saturated carbocycles. The molecular formula is C24H39F25O15Si4. The highest BCUT2D eigenvalue weighted by Gasteiger charge is 2.68. The zero-order valence-electron chi connectivity index (χ0n) is 35.3. The summed E-state index contributed by atoms with van der Waals surface area (Å²) in [6.45, 7) is -13.4. The van der Waals surface area contributed by atoms with Gasteiger partial charge >= 0.3 is 90.7 Å². The first-order valence-electron chi connectivity index (χ1n) is 16.1. The van der Waals surface area contributed by atoms with Crippen molar-refractivity contribution < 1.29 is 176 Å². The summed E-state index contributed by atoms with van der Waals surface area (Å²) >= 11 is 0. The van der Waals surface area contributed by atoms with Crippen LogP contribution in [0.25, 0.3) is 0 Å². The van der Waals surface area contributed by atoms with E-state index in [2.05, 4.69) is 48.7 Å². The lowest BCUT2D eigenvalue weighted by Crippen LogP contribution is -2.60. The van der Waals surface area contributed by atoms with Crippen molar-refractivity contribution in [2.24, 2.45) is 0 Å². The first-order chi connectivity index (χ1) is 30.0. The van der Waals surface area contributed by atoms with Crippen LogP contribution in [0.15, 0.2) is 0 Å². The van der Waals surface area contributed by atoms with Crippen LogP contribution in [0.5, 0.6) is 0 Å². The fraction of sp³-hybridized carbons (Fsp3) is 1.00. The van der Waals surface area contributed by atoms with Gasteiger partial charge in [-0.15, -0.1) is 0 Å². The molecule has 0 aliphatic rings. The molecule has 0 fully saturated rings. The van der Waals surface area contributed by atoms with Crippen LogP contribution in [0.4, 0.5) is 110 Å². The molecule has 0 N–H and O–H groups in total. The molecule has 68 heavy (non-hydrogen) atoms.